The Morgan fingerprint density at radius 2 is 1.72 bits per heavy atom. The van der Waals surface area contributed by atoms with Gasteiger partial charge < -0.3 is 28.5 Å². The summed E-state index contributed by atoms with van der Waals surface area (Å²) in [6.45, 7) is 3.23. The van der Waals surface area contributed by atoms with Crippen molar-refractivity contribution in [2.45, 2.75) is 12.8 Å². The Hall–Kier alpha value is -3.39. The number of benzene rings is 2. The minimum absolute atomic E-state index is 0.0275. The molecule has 0 unspecified atom stereocenters. The number of aromatic hydroxyl groups is 1. The molecule has 0 bridgehead atoms. The van der Waals surface area contributed by atoms with Crippen LogP contribution in [0.25, 0.3) is 22.3 Å². The van der Waals surface area contributed by atoms with Crippen LogP contribution in [0.3, 0.4) is 0 Å². The van der Waals surface area contributed by atoms with Gasteiger partial charge in [0.25, 0.3) is 0 Å². The average molecular weight is 441 g/mol. The molecule has 1 fully saturated rings. The van der Waals surface area contributed by atoms with Crippen LogP contribution >= 0.6 is 0 Å². The lowest BCUT2D eigenvalue weighted by Crippen LogP contribution is -2.25. The highest BCUT2D eigenvalue weighted by Crippen LogP contribution is 2.43. The van der Waals surface area contributed by atoms with Crippen LogP contribution in [0, 0.1) is 0 Å². The highest BCUT2D eigenvalue weighted by Gasteiger charge is 2.25. The topological polar surface area (TPSA) is 90.6 Å². The fourth-order valence-corrected chi connectivity index (χ4v) is 3.97. The smallest absolute Gasteiger partial charge is 0.238 e. The Balaban J connectivity index is 1.82. The summed E-state index contributed by atoms with van der Waals surface area (Å²) in [6, 6.07) is 8.42. The zero-order valence-corrected chi connectivity index (χ0v) is 18.5. The minimum Gasteiger partial charge on any atom is -0.502 e. The molecule has 1 aromatic heterocycles. The second kappa shape index (κ2) is 9.40. The Morgan fingerprint density at radius 3 is 2.34 bits per heavy atom. The standard InChI is InChI=1S/C24H27NO7/c1-28-16-8-6-15(7-9-16)22-21(27)20(26)19-17(31-13-12-25-10-4-5-11-25)14-18(29-2)23(30-3)24(19)32-22/h6-9,14,27H,4-5,10-13H2,1-3H3. The van der Waals surface area contributed by atoms with Gasteiger partial charge in [0.1, 0.15) is 23.5 Å². The predicted molar refractivity (Wildman–Crippen MR) is 120 cm³/mol. The van der Waals surface area contributed by atoms with Gasteiger partial charge in [-0.05, 0) is 50.2 Å². The van der Waals surface area contributed by atoms with Crippen molar-refractivity contribution in [2.24, 2.45) is 0 Å². The van der Waals surface area contributed by atoms with E-state index in [1.54, 1.807) is 37.4 Å². The van der Waals surface area contributed by atoms with Crippen LogP contribution in [0.5, 0.6) is 28.7 Å². The molecule has 0 atom stereocenters. The molecule has 1 aliphatic rings. The van der Waals surface area contributed by atoms with Gasteiger partial charge in [-0.25, -0.2) is 0 Å². The highest BCUT2D eigenvalue weighted by atomic mass is 16.5. The lowest BCUT2D eigenvalue weighted by atomic mass is 10.1. The van der Waals surface area contributed by atoms with Gasteiger partial charge in [-0.3, -0.25) is 9.69 Å². The first-order valence-electron chi connectivity index (χ1n) is 10.5. The van der Waals surface area contributed by atoms with Gasteiger partial charge in [0.05, 0.1) is 21.3 Å². The first kappa shape index (κ1) is 21.8. The van der Waals surface area contributed by atoms with E-state index in [0.717, 1.165) is 19.6 Å². The molecule has 8 heteroatoms. The third-order valence-electron chi connectivity index (χ3n) is 5.67. The van der Waals surface area contributed by atoms with E-state index in [-0.39, 0.29) is 28.2 Å². The van der Waals surface area contributed by atoms with Crippen molar-refractivity contribution < 1.29 is 28.5 Å². The number of hydrogen-bond acceptors (Lipinski definition) is 8. The number of ether oxygens (including phenoxy) is 4. The molecule has 2 heterocycles. The van der Waals surface area contributed by atoms with E-state index in [1.807, 2.05) is 0 Å². The quantitative estimate of drug-likeness (QED) is 0.566. The van der Waals surface area contributed by atoms with E-state index in [2.05, 4.69) is 4.90 Å². The van der Waals surface area contributed by atoms with Crippen LogP contribution in [0.15, 0.2) is 39.5 Å². The van der Waals surface area contributed by atoms with E-state index < -0.39 is 11.2 Å². The van der Waals surface area contributed by atoms with Crippen LogP contribution in [0.4, 0.5) is 0 Å². The van der Waals surface area contributed by atoms with Gasteiger partial charge in [0.15, 0.2) is 17.1 Å². The maximum Gasteiger partial charge on any atom is 0.238 e. The summed E-state index contributed by atoms with van der Waals surface area (Å²) in [5.74, 6) is 1.07. The summed E-state index contributed by atoms with van der Waals surface area (Å²) >= 11 is 0. The summed E-state index contributed by atoms with van der Waals surface area (Å²) < 4.78 is 28.1. The molecule has 0 aliphatic carbocycles. The molecule has 0 radical (unpaired) electrons. The van der Waals surface area contributed by atoms with E-state index >= 15 is 0 Å². The van der Waals surface area contributed by atoms with Crippen LogP contribution < -0.4 is 24.4 Å². The van der Waals surface area contributed by atoms with Gasteiger partial charge in [0, 0.05) is 18.2 Å². The molecule has 8 nitrogen and oxygen atoms in total. The summed E-state index contributed by atoms with van der Waals surface area (Å²) in [5, 5.41) is 10.8. The van der Waals surface area contributed by atoms with E-state index in [4.69, 9.17) is 23.4 Å². The van der Waals surface area contributed by atoms with E-state index in [1.165, 1.54) is 27.1 Å². The third kappa shape index (κ3) is 4.05. The molecule has 1 N–H and O–H groups in total. The van der Waals surface area contributed by atoms with Crippen molar-refractivity contribution >= 4 is 11.0 Å². The Kier molecular flexibility index (Phi) is 6.41. The molecule has 170 valence electrons. The van der Waals surface area contributed by atoms with Crippen molar-refractivity contribution in [1.82, 2.24) is 4.90 Å². The van der Waals surface area contributed by atoms with Crippen LogP contribution in [-0.4, -0.2) is 57.6 Å². The zero-order valence-electron chi connectivity index (χ0n) is 18.5. The molecular formula is C24H27NO7. The van der Waals surface area contributed by atoms with E-state index in [0.29, 0.717) is 23.7 Å². The lowest BCUT2D eigenvalue weighted by molar-refractivity contribution is 0.238. The number of fused-ring (bicyclic) bond motifs is 1. The fraction of sp³-hybridized carbons (Fsp3) is 0.375. The first-order valence-corrected chi connectivity index (χ1v) is 10.5. The number of methoxy groups -OCH3 is 3. The van der Waals surface area contributed by atoms with E-state index in [9.17, 15) is 9.90 Å². The Morgan fingerprint density at radius 1 is 1.00 bits per heavy atom. The van der Waals surface area contributed by atoms with Gasteiger partial charge in [-0.1, -0.05) is 0 Å². The van der Waals surface area contributed by atoms with Crippen molar-refractivity contribution in [3.05, 3.63) is 40.6 Å². The van der Waals surface area contributed by atoms with Crippen molar-refractivity contribution in [3.8, 4) is 40.1 Å². The van der Waals surface area contributed by atoms with Crippen LogP contribution in [0.2, 0.25) is 0 Å². The number of nitrogens with zero attached hydrogens (tertiary/aromatic N) is 1. The summed E-state index contributed by atoms with van der Waals surface area (Å²) in [6.07, 6.45) is 2.37. The fourth-order valence-electron chi connectivity index (χ4n) is 3.97. The molecule has 4 rings (SSSR count). The maximum absolute atomic E-state index is 13.2. The molecule has 0 spiro atoms. The molecular weight excluding hydrogens is 414 g/mol. The van der Waals surface area contributed by atoms with Crippen molar-refractivity contribution in [2.75, 3.05) is 47.6 Å². The number of likely N-dealkylation sites (tertiary alicyclic amines) is 1. The average Bonchev–Trinajstić information content (AvgIpc) is 3.34. The van der Waals surface area contributed by atoms with Gasteiger partial charge >= 0.3 is 0 Å². The number of hydrogen-bond donors (Lipinski definition) is 1. The second-order valence-corrected chi connectivity index (χ2v) is 7.55. The monoisotopic (exact) mass is 441 g/mol. The molecule has 3 aromatic rings. The molecule has 1 aliphatic heterocycles. The molecule has 0 amide bonds. The van der Waals surface area contributed by atoms with Crippen LogP contribution in [-0.2, 0) is 0 Å². The minimum atomic E-state index is -0.603. The summed E-state index contributed by atoms with van der Waals surface area (Å²) in [7, 11) is 4.52. The van der Waals surface area contributed by atoms with Crippen molar-refractivity contribution in [1.29, 1.82) is 0 Å². The predicted octanol–water partition coefficient (Wildman–Crippen LogP) is 3.67. The summed E-state index contributed by atoms with van der Waals surface area (Å²) in [5.41, 5.74) is 0.0644. The van der Waals surface area contributed by atoms with Crippen molar-refractivity contribution in [3.63, 3.8) is 0 Å². The van der Waals surface area contributed by atoms with Gasteiger partial charge in [0.2, 0.25) is 16.9 Å². The normalized spacial score (nSPS) is 14.0. The highest BCUT2D eigenvalue weighted by molar-refractivity contribution is 5.93. The molecule has 1 saturated heterocycles. The lowest BCUT2D eigenvalue weighted by Gasteiger charge is -2.18. The zero-order chi connectivity index (χ0) is 22.7. The van der Waals surface area contributed by atoms with Gasteiger partial charge in [-0.2, -0.15) is 0 Å². The SMILES string of the molecule is COc1ccc(-c2oc3c(OC)c(OC)cc(OCCN4CCCC4)c3c(=O)c2O)cc1. The van der Waals surface area contributed by atoms with Crippen LogP contribution in [0.1, 0.15) is 12.8 Å². The largest absolute Gasteiger partial charge is 0.502 e. The maximum atomic E-state index is 13.2. The molecule has 0 saturated carbocycles. The Bertz CT molecular complexity index is 1150. The molecule has 32 heavy (non-hydrogen) atoms. The summed E-state index contributed by atoms with van der Waals surface area (Å²) in [4.78, 5) is 15.5. The molecule has 2 aromatic carbocycles. The number of rotatable bonds is 8. The third-order valence-corrected chi connectivity index (χ3v) is 5.67. The van der Waals surface area contributed by atoms with Gasteiger partial charge in [-0.15, -0.1) is 0 Å². The Labute approximate surface area is 185 Å². The first-order chi connectivity index (χ1) is 15.6. The second-order valence-electron chi connectivity index (χ2n) is 7.55.